The molecule has 2 nitrogen and oxygen atoms in total. The normalized spacial score (nSPS) is 27.4. The van der Waals surface area contributed by atoms with Gasteiger partial charge in [-0.3, -0.25) is 4.79 Å². The first-order chi connectivity index (χ1) is 7.74. The molecule has 2 fully saturated rings. The minimum Gasteiger partial charge on any atom is -0.334 e. The number of carbonyl (C=O) groups is 1. The smallest absolute Gasteiger partial charge is 0.254 e. The van der Waals surface area contributed by atoms with Gasteiger partial charge in [-0.25, -0.2) is 0 Å². The number of halogens is 1. The summed E-state index contributed by atoms with van der Waals surface area (Å²) in [5.41, 5.74) is 0.713. The lowest BCUT2D eigenvalue weighted by atomic mass is 10.2. The molecule has 3 rings (SSSR count). The molecule has 2 heterocycles. The summed E-state index contributed by atoms with van der Waals surface area (Å²) in [6, 6.07) is 7.67. The van der Waals surface area contributed by atoms with E-state index in [1.54, 1.807) is 12.1 Å². The Morgan fingerprint density at radius 3 is 3.00 bits per heavy atom. The van der Waals surface area contributed by atoms with Gasteiger partial charge in [0, 0.05) is 34.2 Å². The topological polar surface area (TPSA) is 20.3 Å². The molecule has 2 bridgehead atoms. The number of benzene rings is 1. The zero-order valence-corrected chi connectivity index (χ0v) is 10.3. The van der Waals surface area contributed by atoms with Crippen LogP contribution in [0.4, 0.5) is 0 Å². The van der Waals surface area contributed by atoms with Crippen LogP contribution in [0, 0.1) is 0 Å². The van der Waals surface area contributed by atoms with E-state index in [-0.39, 0.29) is 5.91 Å². The van der Waals surface area contributed by atoms with Crippen LogP contribution in [0.1, 0.15) is 16.8 Å². The second kappa shape index (κ2) is 3.97. The van der Waals surface area contributed by atoms with Crippen molar-refractivity contribution in [2.24, 2.45) is 0 Å². The molecule has 0 aliphatic carbocycles. The largest absolute Gasteiger partial charge is 0.334 e. The molecule has 2 atom stereocenters. The first-order valence-electron chi connectivity index (χ1n) is 5.42. The van der Waals surface area contributed by atoms with Crippen molar-refractivity contribution in [3.05, 3.63) is 34.9 Å². The van der Waals surface area contributed by atoms with Crippen molar-refractivity contribution in [2.75, 3.05) is 12.3 Å². The molecular formula is C12H12ClNOS. The van der Waals surface area contributed by atoms with Gasteiger partial charge in [0.05, 0.1) is 0 Å². The first-order valence-corrected chi connectivity index (χ1v) is 6.85. The molecule has 0 saturated carbocycles. The monoisotopic (exact) mass is 253 g/mol. The fourth-order valence-electron chi connectivity index (χ4n) is 2.44. The van der Waals surface area contributed by atoms with Crippen molar-refractivity contribution in [3.8, 4) is 0 Å². The summed E-state index contributed by atoms with van der Waals surface area (Å²) >= 11 is 7.89. The lowest BCUT2D eigenvalue weighted by Crippen LogP contribution is -2.39. The molecule has 2 aliphatic rings. The predicted octanol–water partition coefficient (Wildman–Crippen LogP) is 2.67. The van der Waals surface area contributed by atoms with Crippen molar-refractivity contribution in [1.82, 2.24) is 4.90 Å². The molecule has 2 saturated heterocycles. The van der Waals surface area contributed by atoms with Crippen molar-refractivity contribution in [1.29, 1.82) is 0 Å². The van der Waals surface area contributed by atoms with Crippen molar-refractivity contribution in [3.63, 3.8) is 0 Å². The summed E-state index contributed by atoms with van der Waals surface area (Å²) in [6.45, 7) is 0.903. The van der Waals surface area contributed by atoms with Gasteiger partial charge in [-0.15, -0.1) is 0 Å². The fourth-order valence-corrected chi connectivity index (χ4v) is 4.06. The zero-order chi connectivity index (χ0) is 11.1. The van der Waals surface area contributed by atoms with Gasteiger partial charge in [-0.1, -0.05) is 17.7 Å². The van der Waals surface area contributed by atoms with Crippen LogP contribution in [-0.2, 0) is 0 Å². The Bertz CT molecular complexity index is 437. The Labute approximate surface area is 104 Å². The van der Waals surface area contributed by atoms with E-state index < -0.39 is 0 Å². The average molecular weight is 254 g/mol. The molecule has 0 radical (unpaired) electrons. The number of rotatable bonds is 1. The Kier molecular flexibility index (Phi) is 2.60. The number of hydrogen-bond acceptors (Lipinski definition) is 2. The van der Waals surface area contributed by atoms with E-state index >= 15 is 0 Å². The molecule has 1 aromatic rings. The summed E-state index contributed by atoms with van der Waals surface area (Å²) in [7, 11) is 0. The van der Waals surface area contributed by atoms with E-state index in [4.69, 9.17) is 11.6 Å². The predicted molar refractivity (Wildman–Crippen MR) is 67.1 cm³/mol. The van der Waals surface area contributed by atoms with Crippen LogP contribution < -0.4 is 0 Å². The third kappa shape index (κ3) is 1.72. The molecule has 0 unspecified atom stereocenters. The van der Waals surface area contributed by atoms with Crippen molar-refractivity contribution in [2.45, 2.75) is 17.7 Å². The second-order valence-corrected chi connectivity index (χ2v) is 6.08. The number of fused-ring (bicyclic) bond motifs is 2. The maximum absolute atomic E-state index is 12.2. The lowest BCUT2D eigenvalue weighted by Gasteiger charge is -2.26. The zero-order valence-electron chi connectivity index (χ0n) is 8.73. The standard InChI is InChI=1S/C12H12ClNOS/c13-9-3-1-2-8(4-9)12(15)14-6-11-5-10(14)7-16-11/h1-4,10-11H,5-7H2/t10-,11+/m0/s1. The molecule has 2 aliphatic heterocycles. The van der Waals surface area contributed by atoms with Gasteiger partial charge in [-0.05, 0) is 24.6 Å². The van der Waals surface area contributed by atoms with E-state index in [9.17, 15) is 4.79 Å². The minimum absolute atomic E-state index is 0.135. The Morgan fingerprint density at radius 1 is 1.50 bits per heavy atom. The van der Waals surface area contributed by atoms with Crippen LogP contribution in [-0.4, -0.2) is 34.4 Å². The van der Waals surface area contributed by atoms with Crippen LogP contribution in [0.5, 0.6) is 0 Å². The van der Waals surface area contributed by atoms with Gasteiger partial charge in [0.15, 0.2) is 0 Å². The van der Waals surface area contributed by atoms with Gasteiger partial charge in [0.2, 0.25) is 0 Å². The van der Waals surface area contributed by atoms with Crippen LogP contribution in [0.3, 0.4) is 0 Å². The van der Waals surface area contributed by atoms with Crippen molar-refractivity contribution < 1.29 is 4.79 Å². The van der Waals surface area contributed by atoms with E-state index in [0.29, 0.717) is 21.9 Å². The molecule has 1 amide bonds. The summed E-state index contributed by atoms with van der Waals surface area (Å²) in [4.78, 5) is 14.3. The number of likely N-dealkylation sites (tertiary alicyclic amines) is 1. The molecule has 4 heteroatoms. The molecule has 1 aromatic carbocycles. The van der Waals surface area contributed by atoms with Gasteiger partial charge < -0.3 is 4.90 Å². The second-order valence-electron chi connectivity index (χ2n) is 4.31. The maximum Gasteiger partial charge on any atom is 0.254 e. The summed E-state index contributed by atoms with van der Waals surface area (Å²) in [6.07, 6.45) is 1.16. The van der Waals surface area contributed by atoms with E-state index in [1.165, 1.54) is 0 Å². The van der Waals surface area contributed by atoms with Crippen LogP contribution in [0.2, 0.25) is 5.02 Å². The molecule has 0 aromatic heterocycles. The highest BCUT2D eigenvalue weighted by Gasteiger charge is 2.41. The molecule has 16 heavy (non-hydrogen) atoms. The minimum atomic E-state index is 0.135. The molecule has 0 N–H and O–H groups in total. The summed E-state index contributed by atoms with van der Waals surface area (Å²) < 4.78 is 0. The van der Waals surface area contributed by atoms with E-state index in [2.05, 4.69) is 0 Å². The third-order valence-electron chi connectivity index (χ3n) is 3.23. The lowest BCUT2D eigenvalue weighted by molar-refractivity contribution is 0.0747. The number of amides is 1. The van der Waals surface area contributed by atoms with Crippen LogP contribution >= 0.6 is 23.4 Å². The Hall–Kier alpha value is -0.670. The quantitative estimate of drug-likeness (QED) is 0.767. The average Bonchev–Trinajstić information content (AvgIpc) is 2.89. The summed E-state index contributed by atoms with van der Waals surface area (Å²) in [5, 5.41) is 1.29. The fraction of sp³-hybridized carbons (Fsp3) is 0.417. The van der Waals surface area contributed by atoms with E-state index in [1.807, 2.05) is 28.8 Å². The van der Waals surface area contributed by atoms with Crippen molar-refractivity contribution >= 4 is 29.3 Å². The SMILES string of the molecule is O=C(c1cccc(Cl)c1)N1C[C@H]2C[C@H]1CS2. The highest BCUT2D eigenvalue weighted by atomic mass is 35.5. The molecular weight excluding hydrogens is 242 g/mol. The first kappa shape index (κ1) is 10.5. The maximum atomic E-state index is 12.2. The van der Waals surface area contributed by atoms with Crippen LogP contribution in [0.15, 0.2) is 24.3 Å². The molecule has 0 spiro atoms. The Morgan fingerprint density at radius 2 is 2.38 bits per heavy atom. The Balaban J connectivity index is 1.83. The van der Waals surface area contributed by atoms with Gasteiger partial charge >= 0.3 is 0 Å². The van der Waals surface area contributed by atoms with Gasteiger partial charge in [-0.2, -0.15) is 11.8 Å². The van der Waals surface area contributed by atoms with Crippen LogP contribution in [0.25, 0.3) is 0 Å². The summed E-state index contributed by atoms with van der Waals surface area (Å²) in [5.74, 6) is 1.23. The third-order valence-corrected chi connectivity index (χ3v) is 4.86. The highest BCUT2D eigenvalue weighted by Crippen LogP contribution is 2.38. The number of hydrogen-bond donors (Lipinski definition) is 0. The van der Waals surface area contributed by atoms with Gasteiger partial charge in [0.1, 0.15) is 0 Å². The van der Waals surface area contributed by atoms with Gasteiger partial charge in [0.25, 0.3) is 5.91 Å². The number of thioether (sulfide) groups is 1. The number of carbonyl (C=O) groups excluding carboxylic acids is 1. The van der Waals surface area contributed by atoms with E-state index in [0.717, 1.165) is 18.7 Å². The number of nitrogens with zero attached hydrogens (tertiary/aromatic N) is 1. The molecule has 84 valence electrons. The highest BCUT2D eigenvalue weighted by molar-refractivity contribution is 8.00.